The first-order valence-corrected chi connectivity index (χ1v) is 11.8. The van der Waals surface area contributed by atoms with Crippen molar-refractivity contribution in [3.63, 3.8) is 0 Å². The van der Waals surface area contributed by atoms with Gasteiger partial charge in [-0.2, -0.15) is 0 Å². The monoisotopic (exact) mass is 444 g/mol. The summed E-state index contributed by atoms with van der Waals surface area (Å²) in [5.41, 5.74) is 2.24. The Morgan fingerprint density at radius 3 is 2.47 bits per heavy atom. The van der Waals surface area contributed by atoms with E-state index >= 15 is 0 Å². The Hall–Kier alpha value is -3.18. The Morgan fingerprint density at radius 1 is 1.09 bits per heavy atom. The summed E-state index contributed by atoms with van der Waals surface area (Å²) >= 11 is 1.59. The van der Waals surface area contributed by atoms with E-state index in [0.717, 1.165) is 16.1 Å². The van der Waals surface area contributed by atoms with E-state index in [1.54, 1.807) is 22.3 Å². The first-order chi connectivity index (χ1) is 15.5. The number of rotatable bonds is 7. The number of hydrogen-bond acceptors (Lipinski definition) is 3. The maximum atomic E-state index is 14.2. The number of fused-ring (bicyclic) bond motifs is 1. The third-order valence-corrected chi connectivity index (χ3v) is 6.69. The smallest absolute Gasteiger partial charge is 0.254 e. The van der Waals surface area contributed by atoms with Crippen LogP contribution in [0, 0.1) is 5.92 Å². The molecular formula is C27H28N2O2S. The van der Waals surface area contributed by atoms with Crippen molar-refractivity contribution in [2.75, 3.05) is 18.0 Å². The van der Waals surface area contributed by atoms with Gasteiger partial charge in [0.25, 0.3) is 5.91 Å². The molecule has 2 heterocycles. The van der Waals surface area contributed by atoms with Crippen molar-refractivity contribution < 1.29 is 9.59 Å². The van der Waals surface area contributed by atoms with Gasteiger partial charge in [-0.3, -0.25) is 9.59 Å². The molecule has 164 valence electrons. The van der Waals surface area contributed by atoms with Gasteiger partial charge in [-0.25, -0.2) is 0 Å². The lowest BCUT2D eigenvalue weighted by Gasteiger charge is -2.43. The molecule has 0 saturated heterocycles. The molecule has 4 rings (SSSR count). The average molecular weight is 445 g/mol. The number of carbonyl (C=O) groups excluding carboxylic acids is 2. The summed E-state index contributed by atoms with van der Waals surface area (Å²) < 4.78 is 0. The molecule has 5 heteroatoms. The Labute approximate surface area is 193 Å². The van der Waals surface area contributed by atoms with Gasteiger partial charge in [0.05, 0.1) is 12.0 Å². The van der Waals surface area contributed by atoms with Gasteiger partial charge in [-0.1, -0.05) is 62.4 Å². The first kappa shape index (κ1) is 22.0. The zero-order valence-electron chi connectivity index (χ0n) is 18.5. The van der Waals surface area contributed by atoms with Crippen LogP contribution in [0.4, 0.5) is 5.69 Å². The number of anilines is 1. The van der Waals surface area contributed by atoms with Crippen molar-refractivity contribution in [2.45, 2.75) is 25.8 Å². The SMILES string of the molecule is C=CCN(C(=O)C1c2ccccc2C(=O)N(CC(C)C)C1c1cccs1)c1ccccc1. The van der Waals surface area contributed by atoms with Gasteiger partial charge in [-0.05, 0) is 41.1 Å². The first-order valence-electron chi connectivity index (χ1n) is 10.9. The molecule has 2 unspecified atom stereocenters. The fourth-order valence-electron chi connectivity index (χ4n) is 4.46. The number of para-hydroxylation sites is 1. The van der Waals surface area contributed by atoms with E-state index in [1.807, 2.05) is 77.0 Å². The fourth-order valence-corrected chi connectivity index (χ4v) is 5.33. The lowest BCUT2D eigenvalue weighted by molar-refractivity contribution is -0.121. The molecular weight excluding hydrogens is 416 g/mol. The summed E-state index contributed by atoms with van der Waals surface area (Å²) in [5.74, 6) is -0.253. The van der Waals surface area contributed by atoms with Crippen LogP contribution in [0.3, 0.4) is 0 Å². The van der Waals surface area contributed by atoms with Crippen molar-refractivity contribution in [1.29, 1.82) is 0 Å². The van der Waals surface area contributed by atoms with E-state index < -0.39 is 5.92 Å². The van der Waals surface area contributed by atoms with Crippen molar-refractivity contribution >= 4 is 28.8 Å². The Balaban J connectivity index is 1.89. The normalized spacial score (nSPS) is 17.8. The molecule has 0 fully saturated rings. The van der Waals surface area contributed by atoms with Crippen LogP contribution in [0.5, 0.6) is 0 Å². The quantitative estimate of drug-likeness (QED) is 0.426. The van der Waals surface area contributed by atoms with Crippen LogP contribution in [-0.4, -0.2) is 29.8 Å². The predicted molar refractivity (Wildman–Crippen MR) is 131 cm³/mol. The summed E-state index contributed by atoms with van der Waals surface area (Å²) in [6.07, 6.45) is 1.75. The molecule has 1 aliphatic heterocycles. The molecule has 1 aliphatic rings. The Kier molecular flexibility index (Phi) is 6.56. The van der Waals surface area contributed by atoms with Crippen LogP contribution in [0.25, 0.3) is 0 Å². The molecule has 0 saturated carbocycles. The van der Waals surface area contributed by atoms with Gasteiger partial charge >= 0.3 is 0 Å². The molecule has 3 aromatic rings. The van der Waals surface area contributed by atoms with Gasteiger partial charge in [0.1, 0.15) is 0 Å². The fraction of sp³-hybridized carbons (Fsp3) is 0.259. The summed E-state index contributed by atoms with van der Waals surface area (Å²) in [6, 6.07) is 20.9. The van der Waals surface area contributed by atoms with E-state index in [1.165, 1.54) is 0 Å². The molecule has 1 aromatic heterocycles. The number of carbonyl (C=O) groups is 2. The van der Waals surface area contributed by atoms with Crippen molar-refractivity contribution in [3.8, 4) is 0 Å². The van der Waals surface area contributed by atoms with Crippen LogP contribution in [-0.2, 0) is 4.79 Å². The van der Waals surface area contributed by atoms with Gasteiger partial charge in [-0.15, -0.1) is 17.9 Å². The Bertz CT molecular complexity index is 1090. The summed E-state index contributed by atoms with van der Waals surface area (Å²) in [4.78, 5) is 32.5. The molecule has 32 heavy (non-hydrogen) atoms. The molecule has 2 atom stereocenters. The van der Waals surface area contributed by atoms with E-state index in [9.17, 15) is 9.59 Å². The van der Waals surface area contributed by atoms with Gasteiger partial charge < -0.3 is 9.80 Å². The third kappa shape index (κ3) is 4.13. The highest BCUT2D eigenvalue weighted by molar-refractivity contribution is 7.10. The average Bonchev–Trinajstić information content (AvgIpc) is 3.33. The summed E-state index contributed by atoms with van der Waals surface area (Å²) in [5, 5.41) is 2.01. The largest absolute Gasteiger partial charge is 0.329 e. The van der Waals surface area contributed by atoms with Crippen molar-refractivity contribution in [2.24, 2.45) is 5.92 Å². The van der Waals surface area contributed by atoms with Gasteiger partial charge in [0, 0.05) is 29.2 Å². The molecule has 2 aromatic carbocycles. The molecule has 4 nitrogen and oxygen atoms in total. The number of thiophene rings is 1. The Morgan fingerprint density at radius 2 is 1.81 bits per heavy atom. The standard InChI is InChI=1S/C27H28N2O2S/c1-4-16-28(20-11-6-5-7-12-20)27(31)24-21-13-8-9-14-22(21)26(30)29(18-19(2)3)25(24)23-15-10-17-32-23/h4-15,17,19,24-25H,1,16,18H2,2-3H3. The molecule has 0 radical (unpaired) electrons. The minimum atomic E-state index is -0.499. The summed E-state index contributed by atoms with van der Waals surface area (Å²) in [6.45, 7) is 9.07. The van der Waals surface area contributed by atoms with Crippen LogP contribution in [0.15, 0.2) is 84.8 Å². The molecule has 0 bridgehead atoms. The highest BCUT2D eigenvalue weighted by Gasteiger charge is 2.46. The maximum Gasteiger partial charge on any atom is 0.254 e. The van der Waals surface area contributed by atoms with E-state index in [2.05, 4.69) is 20.4 Å². The second-order valence-electron chi connectivity index (χ2n) is 8.45. The second kappa shape index (κ2) is 9.53. The molecule has 0 N–H and O–H groups in total. The minimum Gasteiger partial charge on any atom is -0.329 e. The van der Waals surface area contributed by atoms with E-state index in [-0.39, 0.29) is 23.8 Å². The number of benzene rings is 2. The van der Waals surface area contributed by atoms with Crippen LogP contribution < -0.4 is 4.90 Å². The maximum absolute atomic E-state index is 14.2. The number of hydrogen-bond donors (Lipinski definition) is 0. The lowest BCUT2D eigenvalue weighted by Crippen LogP contribution is -2.49. The highest BCUT2D eigenvalue weighted by Crippen LogP contribution is 2.45. The predicted octanol–water partition coefficient (Wildman–Crippen LogP) is 5.90. The van der Waals surface area contributed by atoms with E-state index in [4.69, 9.17) is 0 Å². The van der Waals surface area contributed by atoms with Gasteiger partial charge in [0.15, 0.2) is 0 Å². The van der Waals surface area contributed by atoms with Crippen LogP contribution in [0.2, 0.25) is 0 Å². The van der Waals surface area contributed by atoms with E-state index in [0.29, 0.717) is 18.7 Å². The number of amides is 2. The second-order valence-corrected chi connectivity index (χ2v) is 9.43. The third-order valence-electron chi connectivity index (χ3n) is 5.75. The summed E-state index contributed by atoms with van der Waals surface area (Å²) in [7, 11) is 0. The zero-order chi connectivity index (χ0) is 22.7. The molecule has 0 spiro atoms. The van der Waals surface area contributed by atoms with Crippen molar-refractivity contribution in [1.82, 2.24) is 4.90 Å². The lowest BCUT2D eigenvalue weighted by atomic mass is 9.80. The zero-order valence-corrected chi connectivity index (χ0v) is 19.3. The van der Waals surface area contributed by atoms with Gasteiger partial charge in [0.2, 0.25) is 5.91 Å². The highest BCUT2D eigenvalue weighted by atomic mass is 32.1. The molecule has 2 amide bonds. The van der Waals surface area contributed by atoms with Crippen LogP contribution in [0.1, 0.15) is 46.6 Å². The van der Waals surface area contributed by atoms with Crippen molar-refractivity contribution in [3.05, 3.63) is 101 Å². The topological polar surface area (TPSA) is 40.6 Å². The number of nitrogens with zero attached hydrogens (tertiary/aromatic N) is 2. The van der Waals surface area contributed by atoms with Crippen LogP contribution >= 0.6 is 11.3 Å². The minimum absolute atomic E-state index is 0.00766. The molecule has 0 aliphatic carbocycles.